The number of hydrogen-bond acceptors (Lipinski definition) is 3. The van der Waals surface area contributed by atoms with Gasteiger partial charge in [-0.15, -0.1) is 11.8 Å². The highest BCUT2D eigenvalue weighted by Gasteiger charge is 2.18. The molecule has 5 nitrogen and oxygen atoms in total. The molecular formula is C16H20N4OS. The van der Waals surface area contributed by atoms with E-state index in [1.54, 1.807) is 17.1 Å². The highest BCUT2D eigenvalue weighted by molar-refractivity contribution is 8.00. The van der Waals surface area contributed by atoms with Gasteiger partial charge in [-0.25, -0.2) is 4.79 Å². The maximum absolute atomic E-state index is 12.1. The minimum atomic E-state index is -0.243. The van der Waals surface area contributed by atoms with Crippen LogP contribution in [0.3, 0.4) is 0 Å². The summed E-state index contributed by atoms with van der Waals surface area (Å²) in [7, 11) is 1.82. The number of hydrogen-bond donors (Lipinski definition) is 2. The second-order valence-electron chi connectivity index (χ2n) is 5.50. The number of anilines is 2. The second-order valence-corrected chi connectivity index (χ2v) is 6.84. The van der Waals surface area contributed by atoms with Crippen molar-refractivity contribution in [1.82, 2.24) is 9.78 Å². The largest absolute Gasteiger partial charge is 0.323 e. The van der Waals surface area contributed by atoms with Crippen LogP contribution in [0.1, 0.15) is 25.7 Å². The third-order valence-electron chi connectivity index (χ3n) is 3.69. The van der Waals surface area contributed by atoms with Crippen molar-refractivity contribution in [1.29, 1.82) is 0 Å². The number of nitrogens with zero attached hydrogens (tertiary/aromatic N) is 2. The van der Waals surface area contributed by atoms with Gasteiger partial charge in [0, 0.05) is 23.4 Å². The lowest BCUT2D eigenvalue weighted by Gasteiger charge is -2.14. The number of benzene rings is 1. The summed E-state index contributed by atoms with van der Waals surface area (Å²) in [5.41, 5.74) is 1.54. The molecule has 0 saturated heterocycles. The van der Waals surface area contributed by atoms with Crippen LogP contribution in [-0.4, -0.2) is 21.1 Å². The Labute approximate surface area is 134 Å². The highest BCUT2D eigenvalue weighted by atomic mass is 32.2. The van der Waals surface area contributed by atoms with E-state index in [-0.39, 0.29) is 6.03 Å². The van der Waals surface area contributed by atoms with E-state index in [2.05, 4.69) is 21.8 Å². The smallest absolute Gasteiger partial charge is 0.307 e. The lowest BCUT2D eigenvalue weighted by atomic mass is 10.3. The van der Waals surface area contributed by atoms with Gasteiger partial charge in [0.25, 0.3) is 0 Å². The van der Waals surface area contributed by atoms with Gasteiger partial charge in [-0.1, -0.05) is 25.0 Å². The van der Waals surface area contributed by atoms with Gasteiger partial charge in [-0.2, -0.15) is 5.10 Å². The monoisotopic (exact) mass is 316 g/mol. The van der Waals surface area contributed by atoms with Gasteiger partial charge in [-0.05, 0) is 25.0 Å². The Hall–Kier alpha value is -1.95. The van der Waals surface area contributed by atoms with Crippen LogP contribution in [0, 0.1) is 0 Å². The fourth-order valence-corrected chi connectivity index (χ4v) is 3.96. The van der Waals surface area contributed by atoms with E-state index >= 15 is 0 Å². The Morgan fingerprint density at radius 2 is 2.05 bits per heavy atom. The van der Waals surface area contributed by atoms with Crippen molar-refractivity contribution < 1.29 is 4.79 Å². The van der Waals surface area contributed by atoms with E-state index in [4.69, 9.17) is 0 Å². The molecular weight excluding hydrogens is 296 g/mol. The zero-order valence-electron chi connectivity index (χ0n) is 12.6. The fourth-order valence-electron chi connectivity index (χ4n) is 2.63. The van der Waals surface area contributed by atoms with Crippen molar-refractivity contribution in [2.45, 2.75) is 35.8 Å². The Bertz CT molecular complexity index is 649. The lowest BCUT2D eigenvalue weighted by molar-refractivity contribution is 0.262. The van der Waals surface area contributed by atoms with Crippen LogP contribution < -0.4 is 10.6 Å². The number of urea groups is 1. The summed E-state index contributed by atoms with van der Waals surface area (Å²) in [4.78, 5) is 13.2. The molecule has 1 heterocycles. The Kier molecular flexibility index (Phi) is 4.68. The first-order chi connectivity index (χ1) is 10.7. The SMILES string of the molecule is Cn1cc(NC(=O)Nc2ccccc2SC2CCCC2)cn1. The molecule has 0 atom stereocenters. The van der Waals surface area contributed by atoms with Crippen LogP contribution in [-0.2, 0) is 7.05 Å². The van der Waals surface area contributed by atoms with Gasteiger partial charge in [0.05, 0.1) is 17.6 Å². The van der Waals surface area contributed by atoms with E-state index in [9.17, 15) is 4.79 Å². The Morgan fingerprint density at radius 1 is 1.27 bits per heavy atom. The molecule has 2 N–H and O–H groups in total. The summed E-state index contributed by atoms with van der Waals surface area (Å²) in [5, 5.41) is 10.4. The predicted octanol–water partition coefficient (Wildman–Crippen LogP) is 4.10. The van der Waals surface area contributed by atoms with E-state index < -0.39 is 0 Å². The minimum absolute atomic E-state index is 0.243. The number of thioether (sulfide) groups is 1. The van der Waals surface area contributed by atoms with Gasteiger partial charge < -0.3 is 10.6 Å². The number of amides is 2. The van der Waals surface area contributed by atoms with Crippen molar-refractivity contribution >= 4 is 29.2 Å². The molecule has 1 aliphatic carbocycles. The average molecular weight is 316 g/mol. The highest BCUT2D eigenvalue weighted by Crippen LogP contribution is 2.37. The molecule has 2 aromatic rings. The van der Waals surface area contributed by atoms with Crippen molar-refractivity contribution in [3.8, 4) is 0 Å². The van der Waals surface area contributed by atoms with Crippen molar-refractivity contribution in [2.75, 3.05) is 10.6 Å². The first kappa shape index (κ1) is 15.0. The van der Waals surface area contributed by atoms with E-state index in [1.807, 2.05) is 37.0 Å². The van der Waals surface area contributed by atoms with Gasteiger partial charge in [-0.3, -0.25) is 4.68 Å². The summed E-state index contributed by atoms with van der Waals surface area (Å²) in [6.07, 6.45) is 8.54. The molecule has 0 radical (unpaired) electrons. The fraction of sp³-hybridized carbons (Fsp3) is 0.375. The topological polar surface area (TPSA) is 59.0 Å². The molecule has 3 rings (SSSR count). The van der Waals surface area contributed by atoms with Crippen LogP contribution in [0.4, 0.5) is 16.2 Å². The molecule has 6 heteroatoms. The number of rotatable bonds is 4. The summed E-state index contributed by atoms with van der Waals surface area (Å²) in [6, 6.07) is 7.73. The molecule has 0 aliphatic heterocycles. The maximum atomic E-state index is 12.1. The van der Waals surface area contributed by atoms with Crippen LogP contribution in [0.5, 0.6) is 0 Å². The Morgan fingerprint density at radius 3 is 2.77 bits per heavy atom. The van der Waals surface area contributed by atoms with Crippen LogP contribution >= 0.6 is 11.8 Å². The number of carbonyl (C=O) groups is 1. The van der Waals surface area contributed by atoms with Gasteiger partial charge >= 0.3 is 6.03 Å². The first-order valence-electron chi connectivity index (χ1n) is 7.53. The number of aryl methyl sites for hydroxylation is 1. The molecule has 0 bridgehead atoms. The van der Waals surface area contributed by atoms with E-state index in [0.717, 1.165) is 10.6 Å². The zero-order chi connectivity index (χ0) is 15.4. The van der Waals surface area contributed by atoms with Crippen molar-refractivity contribution in [3.05, 3.63) is 36.7 Å². The molecule has 1 fully saturated rings. The van der Waals surface area contributed by atoms with Gasteiger partial charge in [0.15, 0.2) is 0 Å². The van der Waals surface area contributed by atoms with E-state index in [0.29, 0.717) is 10.9 Å². The summed E-state index contributed by atoms with van der Waals surface area (Å²) in [6.45, 7) is 0. The van der Waals surface area contributed by atoms with Crippen LogP contribution in [0.2, 0.25) is 0 Å². The van der Waals surface area contributed by atoms with Gasteiger partial charge in [0.1, 0.15) is 0 Å². The number of nitrogens with one attached hydrogen (secondary N) is 2. The molecule has 1 aliphatic rings. The average Bonchev–Trinajstić information content (AvgIpc) is 3.13. The summed E-state index contributed by atoms with van der Waals surface area (Å²) < 4.78 is 1.65. The molecule has 116 valence electrons. The first-order valence-corrected chi connectivity index (χ1v) is 8.41. The number of aromatic nitrogens is 2. The van der Waals surface area contributed by atoms with E-state index in [1.165, 1.54) is 25.7 Å². The van der Waals surface area contributed by atoms with Crippen LogP contribution in [0.25, 0.3) is 0 Å². The predicted molar refractivity (Wildman–Crippen MR) is 90.4 cm³/mol. The summed E-state index contributed by atoms with van der Waals surface area (Å²) in [5.74, 6) is 0. The Balaban J connectivity index is 1.64. The normalized spacial score (nSPS) is 15.0. The molecule has 2 amide bonds. The molecule has 1 saturated carbocycles. The summed E-state index contributed by atoms with van der Waals surface area (Å²) >= 11 is 1.87. The minimum Gasteiger partial charge on any atom is -0.307 e. The number of para-hydroxylation sites is 1. The van der Waals surface area contributed by atoms with Crippen molar-refractivity contribution in [2.24, 2.45) is 7.05 Å². The lowest BCUT2D eigenvalue weighted by Crippen LogP contribution is -2.19. The third-order valence-corrected chi connectivity index (χ3v) is 5.11. The molecule has 0 spiro atoms. The van der Waals surface area contributed by atoms with Crippen molar-refractivity contribution in [3.63, 3.8) is 0 Å². The molecule has 1 aromatic carbocycles. The standard InChI is InChI=1S/C16H20N4OS/c1-20-11-12(10-17-20)18-16(21)19-14-8-4-5-9-15(14)22-13-6-2-3-7-13/h4-5,8-11,13H,2-3,6-7H2,1H3,(H2,18,19,21). The molecule has 22 heavy (non-hydrogen) atoms. The van der Waals surface area contributed by atoms with Gasteiger partial charge in [0.2, 0.25) is 0 Å². The maximum Gasteiger partial charge on any atom is 0.323 e. The second kappa shape index (κ2) is 6.87. The number of carbonyl (C=O) groups excluding carboxylic acids is 1. The van der Waals surface area contributed by atoms with Crippen LogP contribution in [0.15, 0.2) is 41.6 Å². The zero-order valence-corrected chi connectivity index (χ0v) is 13.4. The third kappa shape index (κ3) is 3.82. The molecule has 0 unspecified atom stereocenters. The molecule has 1 aromatic heterocycles. The quantitative estimate of drug-likeness (QED) is 0.893.